The number of amides is 1. The van der Waals surface area contributed by atoms with E-state index in [1.165, 1.54) is 17.9 Å². The number of halogens is 2. The SMILES string of the molecule is Cn1cc(C(=O)Nc2cccc3c2OC(C)(C)O3)c(C(F)F)n1. The van der Waals surface area contributed by atoms with E-state index < -0.39 is 23.8 Å². The molecule has 1 aliphatic heterocycles. The molecule has 0 saturated carbocycles. The lowest BCUT2D eigenvalue weighted by molar-refractivity contribution is -0.0429. The molecule has 0 fully saturated rings. The number of carbonyl (C=O) groups is 1. The van der Waals surface area contributed by atoms with Crippen molar-refractivity contribution < 1.29 is 23.0 Å². The maximum absolute atomic E-state index is 13.0. The molecule has 0 radical (unpaired) electrons. The van der Waals surface area contributed by atoms with Crippen LogP contribution in [0, 0.1) is 0 Å². The summed E-state index contributed by atoms with van der Waals surface area (Å²) in [6.45, 7) is 3.46. The van der Waals surface area contributed by atoms with Gasteiger partial charge in [-0.25, -0.2) is 8.78 Å². The van der Waals surface area contributed by atoms with Crippen molar-refractivity contribution in [2.45, 2.75) is 26.1 Å². The smallest absolute Gasteiger partial charge is 0.282 e. The van der Waals surface area contributed by atoms with Crippen LogP contribution in [0.3, 0.4) is 0 Å². The van der Waals surface area contributed by atoms with E-state index in [0.29, 0.717) is 17.2 Å². The number of benzene rings is 1. The van der Waals surface area contributed by atoms with Crippen LogP contribution < -0.4 is 14.8 Å². The minimum absolute atomic E-state index is 0.182. The van der Waals surface area contributed by atoms with E-state index in [9.17, 15) is 13.6 Å². The molecule has 1 amide bonds. The molecule has 1 N–H and O–H groups in total. The van der Waals surface area contributed by atoms with Gasteiger partial charge in [0, 0.05) is 27.1 Å². The molecular formula is C15H15F2N3O3. The van der Waals surface area contributed by atoms with Gasteiger partial charge in [-0.1, -0.05) is 6.07 Å². The van der Waals surface area contributed by atoms with Crippen molar-refractivity contribution in [3.8, 4) is 11.5 Å². The predicted molar refractivity (Wildman–Crippen MR) is 77.9 cm³/mol. The number of alkyl halides is 2. The number of fused-ring (bicyclic) bond motifs is 1. The molecule has 2 aromatic rings. The van der Waals surface area contributed by atoms with Crippen LogP contribution in [0.5, 0.6) is 11.5 Å². The van der Waals surface area contributed by atoms with Gasteiger partial charge in [0.25, 0.3) is 12.3 Å². The van der Waals surface area contributed by atoms with Crippen LogP contribution >= 0.6 is 0 Å². The van der Waals surface area contributed by atoms with Crippen molar-refractivity contribution in [1.29, 1.82) is 0 Å². The summed E-state index contributed by atoms with van der Waals surface area (Å²) in [5.74, 6) is -0.692. The Balaban J connectivity index is 1.90. The fraction of sp³-hybridized carbons (Fsp3) is 0.333. The lowest BCUT2D eigenvalue weighted by Crippen LogP contribution is -2.30. The summed E-state index contributed by atoms with van der Waals surface area (Å²) >= 11 is 0. The Bertz CT molecular complexity index is 771. The van der Waals surface area contributed by atoms with Crippen molar-refractivity contribution >= 4 is 11.6 Å². The van der Waals surface area contributed by atoms with Gasteiger partial charge in [-0.05, 0) is 12.1 Å². The summed E-state index contributed by atoms with van der Waals surface area (Å²) in [5, 5.41) is 6.19. The Morgan fingerprint density at radius 1 is 1.35 bits per heavy atom. The molecule has 0 unspecified atom stereocenters. The number of para-hydroxylation sites is 1. The Kier molecular flexibility index (Phi) is 3.46. The largest absolute Gasteiger partial charge is 0.449 e. The summed E-state index contributed by atoms with van der Waals surface area (Å²) in [5.41, 5.74) is -0.393. The summed E-state index contributed by atoms with van der Waals surface area (Å²) < 4.78 is 38.3. The molecule has 6 nitrogen and oxygen atoms in total. The van der Waals surface area contributed by atoms with Crippen LogP contribution in [0.2, 0.25) is 0 Å². The van der Waals surface area contributed by atoms with Gasteiger partial charge in [0.1, 0.15) is 5.69 Å². The van der Waals surface area contributed by atoms with Crippen LogP contribution in [0.1, 0.15) is 36.3 Å². The summed E-state index contributed by atoms with van der Waals surface area (Å²) in [7, 11) is 1.47. The van der Waals surface area contributed by atoms with Gasteiger partial charge >= 0.3 is 0 Å². The van der Waals surface area contributed by atoms with Crippen LogP contribution in [-0.2, 0) is 7.05 Å². The molecule has 0 saturated heterocycles. The number of carbonyl (C=O) groups excluding carboxylic acids is 1. The molecule has 23 heavy (non-hydrogen) atoms. The van der Waals surface area contributed by atoms with E-state index >= 15 is 0 Å². The molecule has 1 aromatic carbocycles. The van der Waals surface area contributed by atoms with Crippen molar-refractivity contribution in [3.63, 3.8) is 0 Å². The highest BCUT2D eigenvalue weighted by Gasteiger charge is 2.34. The number of aryl methyl sites for hydroxylation is 1. The third kappa shape index (κ3) is 2.84. The molecule has 1 aliphatic rings. The zero-order chi connectivity index (χ0) is 16.8. The number of ether oxygens (including phenoxy) is 2. The monoisotopic (exact) mass is 323 g/mol. The van der Waals surface area contributed by atoms with Crippen molar-refractivity contribution in [2.75, 3.05) is 5.32 Å². The number of aromatic nitrogens is 2. The van der Waals surface area contributed by atoms with Gasteiger partial charge in [-0.15, -0.1) is 0 Å². The maximum Gasteiger partial charge on any atom is 0.282 e. The van der Waals surface area contributed by atoms with Crippen LogP contribution in [-0.4, -0.2) is 21.5 Å². The summed E-state index contributed by atoms with van der Waals surface area (Å²) in [4.78, 5) is 12.3. The van der Waals surface area contributed by atoms with Crippen molar-refractivity contribution in [2.24, 2.45) is 7.05 Å². The van der Waals surface area contributed by atoms with Gasteiger partial charge < -0.3 is 14.8 Å². The number of nitrogens with zero attached hydrogens (tertiary/aromatic N) is 2. The summed E-state index contributed by atoms with van der Waals surface area (Å²) in [6.07, 6.45) is -1.58. The minimum atomic E-state index is -2.84. The van der Waals surface area contributed by atoms with Gasteiger partial charge in [0.05, 0.1) is 11.3 Å². The molecule has 0 spiro atoms. The number of hydrogen-bond donors (Lipinski definition) is 1. The highest BCUT2D eigenvalue weighted by Crippen LogP contribution is 2.44. The second-order valence-corrected chi connectivity index (χ2v) is 5.59. The third-order valence-electron chi connectivity index (χ3n) is 3.24. The van der Waals surface area contributed by atoms with E-state index in [4.69, 9.17) is 9.47 Å². The highest BCUT2D eigenvalue weighted by molar-refractivity contribution is 6.06. The molecule has 0 aliphatic carbocycles. The number of rotatable bonds is 3. The number of anilines is 1. The number of nitrogens with one attached hydrogen (secondary N) is 1. The molecule has 1 aromatic heterocycles. The third-order valence-corrected chi connectivity index (χ3v) is 3.24. The quantitative estimate of drug-likeness (QED) is 0.942. The van der Waals surface area contributed by atoms with Gasteiger partial charge in [0.2, 0.25) is 5.79 Å². The van der Waals surface area contributed by atoms with Gasteiger partial charge in [-0.3, -0.25) is 9.48 Å². The zero-order valence-electron chi connectivity index (χ0n) is 12.8. The zero-order valence-corrected chi connectivity index (χ0v) is 12.8. The Morgan fingerprint density at radius 3 is 2.78 bits per heavy atom. The summed E-state index contributed by atoms with van der Waals surface area (Å²) in [6, 6.07) is 4.99. The van der Waals surface area contributed by atoms with E-state index in [2.05, 4.69) is 10.4 Å². The van der Waals surface area contributed by atoms with Gasteiger partial charge in [0.15, 0.2) is 11.5 Å². The lowest BCUT2D eigenvalue weighted by Gasteiger charge is -2.16. The maximum atomic E-state index is 13.0. The molecule has 0 bridgehead atoms. The van der Waals surface area contributed by atoms with Crippen LogP contribution in [0.4, 0.5) is 14.5 Å². The molecular weight excluding hydrogens is 308 g/mol. The van der Waals surface area contributed by atoms with E-state index in [1.807, 2.05) is 0 Å². The number of hydrogen-bond acceptors (Lipinski definition) is 4. The van der Waals surface area contributed by atoms with Gasteiger partial charge in [-0.2, -0.15) is 5.10 Å². The topological polar surface area (TPSA) is 65.4 Å². The molecule has 122 valence electrons. The Labute approximate surface area is 131 Å². The molecule has 8 heteroatoms. The standard InChI is InChI=1S/C15H15F2N3O3/c1-15(2)22-10-6-4-5-9(12(10)23-15)18-14(21)8-7-20(3)19-11(8)13(16)17/h4-7,13H,1-3H3,(H,18,21). The predicted octanol–water partition coefficient (Wildman–Crippen LogP) is 3.12. The first-order valence-electron chi connectivity index (χ1n) is 6.91. The second-order valence-electron chi connectivity index (χ2n) is 5.59. The second kappa shape index (κ2) is 5.22. The lowest BCUT2D eigenvalue weighted by atomic mass is 10.2. The first kappa shape index (κ1) is 15.3. The first-order valence-corrected chi connectivity index (χ1v) is 6.91. The van der Waals surface area contributed by atoms with Crippen LogP contribution in [0.15, 0.2) is 24.4 Å². The Hall–Kier alpha value is -2.64. The van der Waals surface area contributed by atoms with Crippen molar-refractivity contribution in [1.82, 2.24) is 9.78 Å². The average Bonchev–Trinajstić information content (AvgIpc) is 2.98. The first-order chi connectivity index (χ1) is 10.8. The van der Waals surface area contributed by atoms with E-state index in [-0.39, 0.29) is 5.56 Å². The molecule has 0 atom stereocenters. The van der Waals surface area contributed by atoms with Crippen LogP contribution in [0.25, 0.3) is 0 Å². The van der Waals surface area contributed by atoms with E-state index in [0.717, 1.165) is 0 Å². The highest BCUT2D eigenvalue weighted by atomic mass is 19.3. The minimum Gasteiger partial charge on any atom is -0.449 e. The fourth-order valence-electron chi connectivity index (χ4n) is 2.36. The Morgan fingerprint density at radius 2 is 2.09 bits per heavy atom. The molecule has 2 heterocycles. The fourth-order valence-corrected chi connectivity index (χ4v) is 2.36. The average molecular weight is 323 g/mol. The normalized spacial score (nSPS) is 15.0. The van der Waals surface area contributed by atoms with E-state index in [1.54, 1.807) is 32.0 Å². The molecule has 3 rings (SSSR count). The van der Waals surface area contributed by atoms with Crippen molar-refractivity contribution in [3.05, 3.63) is 35.7 Å².